The van der Waals surface area contributed by atoms with E-state index >= 15 is 0 Å². The minimum absolute atomic E-state index is 0. The third-order valence-corrected chi connectivity index (χ3v) is 0. The van der Waals surface area contributed by atoms with E-state index in [4.69, 9.17) is 19.2 Å². The van der Waals surface area contributed by atoms with Crippen molar-refractivity contribution >= 4 is 7.82 Å². The first kappa shape index (κ1) is 15.7. The van der Waals surface area contributed by atoms with Crippen LogP contribution in [-0.4, -0.2) is 14.7 Å². The molecule has 0 aliphatic carbocycles. The average molecular weight is 141 g/mol. The van der Waals surface area contributed by atoms with E-state index in [0.29, 0.717) is 0 Å². The summed E-state index contributed by atoms with van der Waals surface area (Å²) in [6, 6.07) is 0. The molecule has 9 N–H and O–H groups in total. The Labute approximate surface area is 53.9 Å². The van der Waals surface area contributed by atoms with Crippen LogP contribution in [0.5, 0.6) is 0 Å². The van der Waals surface area contributed by atoms with Gasteiger partial charge in [0, 0.05) is 0 Å². The van der Waals surface area contributed by atoms with Crippen LogP contribution in [0.3, 0.4) is 0 Å². The Kier molecular flexibility index (Phi) is 9.43. The van der Waals surface area contributed by atoms with Crippen LogP contribution in [0, 0.1) is 0 Å². The Hall–Kier alpha value is 0.0300. The van der Waals surface area contributed by atoms with Gasteiger partial charge in [0.25, 0.3) is 0 Å². The van der Waals surface area contributed by atoms with E-state index in [0.717, 1.165) is 0 Å². The zero-order valence-corrected chi connectivity index (χ0v) is 4.51. The van der Waals surface area contributed by atoms with Gasteiger partial charge in [-0.1, -0.05) is 0 Å². The molecule has 0 aromatic rings. The summed E-state index contributed by atoms with van der Waals surface area (Å²) in [6.45, 7) is 0. The molecule has 0 bridgehead atoms. The fourth-order valence-corrected chi connectivity index (χ4v) is 0. The second-order valence-electron chi connectivity index (χ2n) is 0.513. The molecule has 0 aromatic carbocycles. The highest BCUT2D eigenvalue weighted by molar-refractivity contribution is 7.45. The Morgan fingerprint density at radius 3 is 1.14 bits per heavy atom. The fraction of sp³-hybridized carbons (Fsp3) is 0. The van der Waals surface area contributed by atoms with Crippen molar-refractivity contribution in [1.82, 2.24) is 12.3 Å². The minimum atomic E-state index is -4.64. The molecule has 0 radical (unpaired) electrons. The van der Waals surface area contributed by atoms with Crippen LogP contribution in [0.1, 0.15) is 12.8 Å². The Bertz CT molecular complexity index is 71.6. The molecule has 6 nitrogen and oxygen atoms in total. The molecule has 0 fully saturated rings. The van der Waals surface area contributed by atoms with Gasteiger partial charge in [0.2, 0.25) is 0 Å². The van der Waals surface area contributed by atoms with Gasteiger partial charge in [0.05, 0.1) is 0 Å². The Morgan fingerprint density at radius 1 is 1.14 bits per heavy atom. The second kappa shape index (κ2) is 4.20. The van der Waals surface area contributed by atoms with Crippen LogP contribution >= 0.6 is 7.82 Å². The van der Waals surface area contributed by atoms with Crippen molar-refractivity contribution in [1.29, 1.82) is 0 Å². The van der Waals surface area contributed by atoms with Gasteiger partial charge in [-0.15, -0.1) is 0 Å². The summed E-state index contributed by atoms with van der Waals surface area (Å²) in [7, 11) is -4.64. The van der Waals surface area contributed by atoms with Crippen LogP contribution in [0.15, 0.2) is 0 Å². The zero-order chi connectivity index (χ0) is 4.50. The molecular formula is H18N2O4P+9. The molecule has 0 amide bonds. The van der Waals surface area contributed by atoms with Gasteiger partial charge in [-0.05, 0) is 0 Å². The van der Waals surface area contributed by atoms with Crippen LogP contribution in [0.25, 0.3) is 0 Å². The summed E-state index contributed by atoms with van der Waals surface area (Å²) in [5.74, 6) is 0. The van der Waals surface area contributed by atoms with Crippen molar-refractivity contribution < 1.29 is 32.1 Å². The summed E-state index contributed by atoms with van der Waals surface area (Å²) in [6.07, 6.45) is 0. The van der Waals surface area contributed by atoms with Crippen molar-refractivity contribution in [3.8, 4) is 0 Å². The quantitative estimate of drug-likeness (QED) is 0.308. The molecule has 0 unspecified atom stereocenters. The molecule has 0 aliphatic rings. The minimum Gasteiger partial charge on any atom is -0.344 e. The average Bonchev–Trinajstić information content (AvgIpc) is 0.722. The van der Waals surface area contributed by atoms with E-state index < -0.39 is 7.82 Å². The lowest BCUT2D eigenvalue weighted by Crippen LogP contribution is -1.66. The van der Waals surface area contributed by atoms with Gasteiger partial charge in [0.1, 0.15) is 0 Å². The van der Waals surface area contributed by atoms with Gasteiger partial charge >= 0.3 is 20.7 Å². The maximum atomic E-state index is 8.88. The highest BCUT2D eigenvalue weighted by Crippen LogP contribution is 2.25. The van der Waals surface area contributed by atoms with E-state index in [9.17, 15) is 0 Å². The summed E-state index contributed by atoms with van der Waals surface area (Å²) in [5.41, 5.74) is 0. The van der Waals surface area contributed by atoms with Gasteiger partial charge in [0.15, 0.2) is 0 Å². The molecule has 7 heteroatoms. The molecule has 0 rings (SSSR count). The van der Waals surface area contributed by atoms with Crippen LogP contribution in [-0.2, 0) is 4.57 Å². The van der Waals surface area contributed by atoms with Crippen molar-refractivity contribution in [2.24, 2.45) is 0 Å². The molecule has 0 spiro atoms. The number of phosphoric acid groups is 1. The molecule has 7 heavy (non-hydrogen) atoms. The van der Waals surface area contributed by atoms with Gasteiger partial charge in [-0.25, -0.2) is 4.57 Å². The maximum absolute atomic E-state index is 8.88. The topological polar surface area (TPSA) is 148 Å². The first-order valence-corrected chi connectivity index (χ1v) is 2.35. The summed E-state index contributed by atoms with van der Waals surface area (Å²) < 4.78 is 8.88. The predicted octanol–water partition coefficient (Wildman–Crippen LogP) is 0.408. The van der Waals surface area contributed by atoms with Crippen LogP contribution in [0.4, 0.5) is 0 Å². The zero-order valence-electron chi connectivity index (χ0n) is 12.6. The first-order chi connectivity index (χ1) is 2.00. The Morgan fingerprint density at radius 2 is 1.14 bits per heavy atom. The predicted molar refractivity (Wildman–Crippen MR) is 34.3 cm³/mol. The van der Waals surface area contributed by atoms with Gasteiger partial charge in [-0.3, -0.25) is 0 Å². The molecule has 0 saturated carbocycles. The molecule has 0 atom stereocenters. The van der Waals surface area contributed by atoms with E-state index in [1.54, 1.807) is 0 Å². The van der Waals surface area contributed by atoms with Crippen molar-refractivity contribution in [3.63, 3.8) is 0 Å². The smallest absolute Gasteiger partial charge is 0.344 e. The SMILES string of the molecule is N.N.O=P(O)(O)O.[H+].[H+].[H+].[H+].[H+].[H+].[H+].[H+].[H+]. The third kappa shape index (κ3) is 109000. The fourth-order valence-electron chi connectivity index (χ4n) is 0. The number of hydrogen-bond donors (Lipinski definition) is 5. The normalized spacial score (nSPS) is 8.43. The van der Waals surface area contributed by atoms with Crippen LogP contribution in [0.2, 0.25) is 0 Å². The standard InChI is InChI=1S/2H3N.H3O4P/c;;1-5(2,3)4/h2*1H3;(H3,1,2,3,4)/p+9. The Balaban J connectivity index is -0.00000000145. The monoisotopic (exact) mass is 141 g/mol. The molecule has 48 valence electrons. The van der Waals surface area contributed by atoms with Crippen molar-refractivity contribution in [2.45, 2.75) is 0 Å². The third-order valence-electron chi connectivity index (χ3n) is 0. The lowest BCUT2D eigenvalue weighted by atomic mass is 14.0. The lowest BCUT2D eigenvalue weighted by Gasteiger charge is -1.82. The van der Waals surface area contributed by atoms with E-state index in [1.165, 1.54) is 0 Å². The van der Waals surface area contributed by atoms with E-state index in [2.05, 4.69) is 0 Å². The number of rotatable bonds is 0. The molecule has 0 saturated heterocycles. The molecular weight excluding hydrogens is 123 g/mol. The molecule has 0 aliphatic heterocycles. The molecule has 0 aromatic heterocycles. The first-order valence-electron chi connectivity index (χ1n) is 0.783. The summed E-state index contributed by atoms with van der Waals surface area (Å²) in [5, 5.41) is 0. The maximum Gasteiger partial charge on any atom is 1.00 e. The van der Waals surface area contributed by atoms with Crippen LogP contribution < -0.4 is 12.3 Å². The van der Waals surface area contributed by atoms with E-state index in [-0.39, 0.29) is 25.1 Å². The summed E-state index contributed by atoms with van der Waals surface area (Å²) in [4.78, 5) is 21.6. The summed E-state index contributed by atoms with van der Waals surface area (Å²) >= 11 is 0. The second-order valence-corrected chi connectivity index (χ2v) is 1.54. The largest absolute Gasteiger partial charge is 1.00 e. The highest BCUT2D eigenvalue weighted by Gasteiger charge is 2.00. The van der Waals surface area contributed by atoms with Gasteiger partial charge in [-0.2, -0.15) is 0 Å². The van der Waals surface area contributed by atoms with Crippen molar-refractivity contribution in [3.05, 3.63) is 0 Å². The number of hydrogen-bond acceptors (Lipinski definition) is 3. The molecule has 0 heterocycles. The van der Waals surface area contributed by atoms with Gasteiger partial charge < -0.3 is 27.0 Å². The van der Waals surface area contributed by atoms with Crippen molar-refractivity contribution in [2.75, 3.05) is 0 Å². The van der Waals surface area contributed by atoms with E-state index in [1.807, 2.05) is 0 Å². The highest BCUT2D eigenvalue weighted by atomic mass is 31.2. The lowest BCUT2D eigenvalue weighted by molar-refractivity contribution is 0.275.